The van der Waals surface area contributed by atoms with Crippen LogP contribution < -0.4 is 0 Å². The highest BCUT2D eigenvalue weighted by molar-refractivity contribution is 6.30. The molecular formula is C8H7ClN2. The van der Waals surface area contributed by atoms with Gasteiger partial charge in [0.1, 0.15) is 0 Å². The Kier molecular flexibility index (Phi) is 2.84. The fourth-order valence-corrected chi connectivity index (χ4v) is 0.847. The molecule has 0 bridgehead atoms. The molecule has 0 atom stereocenters. The van der Waals surface area contributed by atoms with Gasteiger partial charge in [-0.05, 0) is 17.7 Å². The summed E-state index contributed by atoms with van der Waals surface area (Å²) in [6.07, 6.45) is 0. The Labute approximate surface area is 70.0 Å². The highest BCUT2D eigenvalue weighted by Gasteiger charge is 1.89. The lowest BCUT2D eigenvalue weighted by molar-refractivity contribution is 1.07. The van der Waals surface area contributed by atoms with Crippen molar-refractivity contribution < 1.29 is 0 Å². The van der Waals surface area contributed by atoms with E-state index in [-0.39, 0.29) is 0 Å². The molecule has 0 spiro atoms. The van der Waals surface area contributed by atoms with Crippen LogP contribution in [0.3, 0.4) is 0 Å². The molecule has 1 aromatic rings. The summed E-state index contributed by atoms with van der Waals surface area (Å²) in [6.45, 7) is 0.501. The lowest BCUT2D eigenvalue weighted by atomic mass is 10.2. The van der Waals surface area contributed by atoms with E-state index in [0.29, 0.717) is 11.6 Å². The summed E-state index contributed by atoms with van der Waals surface area (Å²) in [5.74, 6) is 0. The van der Waals surface area contributed by atoms with Gasteiger partial charge in [0, 0.05) is 5.02 Å². The first kappa shape index (κ1) is 7.99. The molecule has 0 radical (unpaired) electrons. The van der Waals surface area contributed by atoms with Crippen molar-refractivity contribution in [2.45, 2.75) is 6.54 Å². The van der Waals surface area contributed by atoms with Gasteiger partial charge in [-0.15, -0.1) is 0 Å². The third kappa shape index (κ3) is 2.54. The molecule has 0 heterocycles. The molecule has 0 unspecified atom stereocenters. The number of aliphatic imine (C=N–C) groups is 1. The highest BCUT2D eigenvalue weighted by atomic mass is 35.5. The summed E-state index contributed by atoms with van der Waals surface area (Å²) in [5, 5.41) is 7.27. The number of hydrogen-bond acceptors (Lipinski definition) is 2. The molecule has 0 amide bonds. The van der Waals surface area contributed by atoms with E-state index in [9.17, 15) is 0 Å². The van der Waals surface area contributed by atoms with Gasteiger partial charge in [0.25, 0.3) is 0 Å². The van der Waals surface area contributed by atoms with E-state index < -0.39 is 0 Å². The van der Waals surface area contributed by atoms with Gasteiger partial charge in [-0.2, -0.15) is 0 Å². The van der Waals surface area contributed by atoms with Gasteiger partial charge in [-0.1, -0.05) is 23.7 Å². The predicted molar refractivity (Wildman–Crippen MR) is 45.3 cm³/mol. The van der Waals surface area contributed by atoms with Gasteiger partial charge < -0.3 is 0 Å². The van der Waals surface area contributed by atoms with Crippen LogP contribution in [-0.4, -0.2) is 6.01 Å². The Bertz CT molecular complexity index is 273. The van der Waals surface area contributed by atoms with Gasteiger partial charge in [0.05, 0.1) is 12.6 Å². The zero-order valence-corrected chi connectivity index (χ0v) is 6.60. The van der Waals surface area contributed by atoms with Crippen molar-refractivity contribution in [2.75, 3.05) is 0 Å². The number of nitrogens with one attached hydrogen (secondary N) is 1. The van der Waals surface area contributed by atoms with E-state index >= 15 is 0 Å². The van der Waals surface area contributed by atoms with Crippen molar-refractivity contribution in [2.24, 2.45) is 4.99 Å². The fraction of sp³-hybridized carbons (Fsp3) is 0.125. The van der Waals surface area contributed by atoms with Crippen molar-refractivity contribution >= 4 is 17.6 Å². The summed E-state index contributed by atoms with van der Waals surface area (Å²) in [6, 6.07) is 9.33. The molecule has 0 saturated heterocycles. The van der Waals surface area contributed by atoms with Gasteiger partial charge in [0.15, 0.2) is 0 Å². The molecule has 2 nitrogen and oxygen atoms in total. The molecular weight excluding hydrogens is 160 g/mol. The summed E-state index contributed by atoms with van der Waals surface area (Å²) < 4.78 is 0. The Morgan fingerprint density at radius 3 is 2.55 bits per heavy atom. The van der Waals surface area contributed by atoms with Gasteiger partial charge >= 0.3 is 0 Å². The van der Waals surface area contributed by atoms with Gasteiger partial charge in [0.2, 0.25) is 0 Å². The van der Waals surface area contributed by atoms with Crippen molar-refractivity contribution in [3.05, 3.63) is 34.9 Å². The topological polar surface area (TPSA) is 36.2 Å². The second-order valence-corrected chi connectivity index (χ2v) is 2.49. The molecule has 0 aromatic heterocycles. The highest BCUT2D eigenvalue weighted by Crippen LogP contribution is 2.09. The third-order valence-electron chi connectivity index (χ3n) is 1.25. The maximum Gasteiger partial charge on any atom is 0.0865 e. The van der Waals surface area contributed by atoms with Crippen molar-refractivity contribution in [1.29, 1.82) is 5.41 Å². The zero-order valence-electron chi connectivity index (χ0n) is 5.84. The summed E-state index contributed by atoms with van der Waals surface area (Å²) in [7, 11) is 0. The molecule has 1 N–H and O–H groups in total. The number of nitrogens with zero attached hydrogens (tertiary/aromatic N) is 1. The van der Waals surface area contributed by atoms with Crippen molar-refractivity contribution in [3.63, 3.8) is 0 Å². The maximum atomic E-state index is 6.55. The molecule has 3 heteroatoms. The van der Waals surface area contributed by atoms with Crippen LogP contribution in [0.4, 0.5) is 0 Å². The standard InChI is InChI=1S/C8H7ClN2/c9-8-3-1-7(2-4-8)5-11-6-10/h1-4,10H,5H2. The number of benzene rings is 1. The second kappa shape index (κ2) is 3.91. The lowest BCUT2D eigenvalue weighted by Gasteiger charge is -1.93. The van der Waals surface area contributed by atoms with E-state index in [4.69, 9.17) is 17.0 Å². The van der Waals surface area contributed by atoms with E-state index in [1.807, 2.05) is 18.1 Å². The van der Waals surface area contributed by atoms with Crippen LogP contribution in [0.1, 0.15) is 5.56 Å². The van der Waals surface area contributed by atoms with Gasteiger partial charge in [-0.3, -0.25) is 0 Å². The lowest BCUT2D eigenvalue weighted by Crippen LogP contribution is -1.78. The Morgan fingerprint density at radius 2 is 2.00 bits per heavy atom. The Hall–Kier alpha value is -1.11. The smallest absolute Gasteiger partial charge is 0.0865 e. The van der Waals surface area contributed by atoms with Crippen molar-refractivity contribution in [1.82, 2.24) is 0 Å². The Morgan fingerprint density at radius 1 is 1.36 bits per heavy atom. The largest absolute Gasteiger partial charge is 0.242 e. The minimum absolute atomic E-state index is 0.501. The van der Waals surface area contributed by atoms with Crippen LogP contribution in [0.25, 0.3) is 0 Å². The third-order valence-corrected chi connectivity index (χ3v) is 1.51. The SMILES string of the molecule is N=C=NCc1ccc(Cl)cc1. The van der Waals surface area contributed by atoms with Crippen LogP contribution in [0.2, 0.25) is 5.02 Å². The van der Waals surface area contributed by atoms with Crippen LogP contribution in [-0.2, 0) is 6.54 Å². The second-order valence-electron chi connectivity index (χ2n) is 2.05. The average molecular weight is 167 g/mol. The first-order valence-electron chi connectivity index (χ1n) is 3.15. The van der Waals surface area contributed by atoms with E-state index in [1.165, 1.54) is 0 Å². The monoisotopic (exact) mass is 166 g/mol. The summed E-state index contributed by atoms with van der Waals surface area (Å²) in [5.41, 5.74) is 1.04. The number of hydrogen-bond donors (Lipinski definition) is 1. The predicted octanol–water partition coefficient (Wildman–Crippen LogP) is 2.59. The normalized spacial score (nSPS) is 8.82. The van der Waals surface area contributed by atoms with Crippen molar-refractivity contribution in [3.8, 4) is 0 Å². The van der Waals surface area contributed by atoms with E-state index in [2.05, 4.69) is 4.99 Å². The number of halogens is 1. The van der Waals surface area contributed by atoms with Crippen LogP contribution in [0.5, 0.6) is 0 Å². The van der Waals surface area contributed by atoms with E-state index in [0.717, 1.165) is 5.56 Å². The average Bonchev–Trinajstić information content (AvgIpc) is 2.04. The summed E-state index contributed by atoms with van der Waals surface area (Å²) >= 11 is 5.66. The minimum Gasteiger partial charge on any atom is -0.242 e. The molecule has 0 aliphatic rings. The molecule has 1 aromatic carbocycles. The maximum absolute atomic E-state index is 6.55. The quantitative estimate of drug-likeness (QED) is 0.656. The van der Waals surface area contributed by atoms with Gasteiger partial charge in [-0.25, -0.2) is 10.4 Å². The zero-order chi connectivity index (χ0) is 8.10. The van der Waals surface area contributed by atoms with Crippen LogP contribution in [0, 0.1) is 5.41 Å². The first-order valence-corrected chi connectivity index (χ1v) is 3.53. The Balaban J connectivity index is 2.73. The molecule has 0 aliphatic heterocycles. The summed E-state index contributed by atoms with van der Waals surface area (Å²) in [4.78, 5) is 3.65. The molecule has 56 valence electrons. The molecule has 0 aliphatic carbocycles. The minimum atomic E-state index is 0.501. The fourth-order valence-electron chi connectivity index (χ4n) is 0.721. The van der Waals surface area contributed by atoms with Crippen LogP contribution >= 0.6 is 11.6 Å². The van der Waals surface area contributed by atoms with E-state index in [1.54, 1.807) is 12.1 Å². The number of rotatable bonds is 2. The molecule has 0 fully saturated rings. The molecule has 1 rings (SSSR count). The van der Waals surface area contributed by atoms with Crippen LogP contribution in [0.15, 0.2) is 29.3 Å². The first-order chi connectivity index (χ1) is 5.33. The molecule has 0 saturated carbocycles. The molecule has 11 heavy (non-hydrogen) atoms.